The summed E-state index contributed by atoms with van der Waals surface area (Å²) in [5.41, 5.74) is 3.13. The predicted molar refractivity (Wildman–Crippen MR) is 74.5 cm³/mol. The molecule has 0 radical (unpaired) electrons. The number of imidazole rings is 1. The molecule has 1 unspecified atom stereocenters. The molecule has 0 aromatic carbocycles. The summed E-state index contributed by atoms with van der Waals surface area (Å²) in [6.45, 7) is 6.84. The minimum absolute atomic E-state index is 0.145. The van der Waals surface area contributed by atoms with Gasteiger partial charge >= 0.3 is 0 Å². The van der Waals surface area contributed by atoms with E-state index in [2.05, 4.69) is 46.4 Å². The molecule has 1 N–H and O–H groups in total. The smallest absolute Gasteiger partial charge is 0.157 e. The lowest BCUT2D eigenvalue weighted by Crippen LogP contribution is -2.21. The molecule has 94 valence electrons. The highest BCUT2D eigenvalue weighted by molar-refractivity contribution is 7.71. The van der Waals surface area contributed by atoms with Crippen molar-refractivity contribution in [1.82, 2.24) is 19.5 Å². The Labute approximate surface area is 111 Å². The summed E-state index contributed by atoms with van der Waals surface area (Å²) in [4.78, 5) is 11.6. The molecule has 4 nitrogen and oxygen atoms in total. The molecule has 0 spiro atoms. The van der Waals surface area contributed by atoms with Crippen molar-refractivity contribution < 1.29 is 0 Å². The summed E-state index contributed by atoms with van der Waals surface area (Å²) in [5, 5.41) is 0. The summed E-state index contributed by atoms with van der Waals surface area (Å²) in [5.74, 6) is 0.634. The van der Waals surface area contributed by atoms with Crippen LogP contribution in [0.2, 0.25) is 0 Å². The van der Waals surface area contributed by atoms with E-state index in [0.29, 0.717) is 10.6 Å². The molecule has 18 heavy (non-hydrogen) atoms. The molecule has 3 rings (SSSR count). The Morgan fingerprint density at radius 1 is 1.44 bits per heavy atom. The fraction of sp³-hybridized carbons (Fsp3) is 0.462. The van der Waals surface area contributed by atoms with Crippen LogP contribution in [-0.4, -0.2) is 19.5 Å². The third-order valence-corrected chi connectivity index (χ3v) is 4.47. The first-order chi connectivity index (χ1) is 8.51. The van der Waals surface area contributed by atoms with E-state index in [1.54, 1.807) is 6.33 Å². The van der Waals surface area contributed by atoms with E-state index in [1.165, 1.54) is 5.70 Å². The molecule has 1 aliphatic rings. The number of aromatic nitrogens is 4. The molecule has 0 amide bonds. The quantitative estimate of drug-likeness (QED) is 0.799. The van der Waals surface area contributed by atoms with E-state index in [-0.39, 0.29) is 5.41 Å². The number of rotatable bonds is 1. The largest absolute Gasteiger partial charge is 0.330 e. The van der Waals surface area contributed by atoms with Crippen LogP contribution in [0.1, 0.15) is 27.2 Å². The molecule has 2 aromatic heterocycles. The molecule has 1 atom stereocenters. The first-order valence-electron chi connectivity index (χ1n) is 6.13. The first kappa shape index (κ1) is 11.6. The Morgan fingerprint density at radius 2 is 2.22 bits per heavy atom. The molecule has 5 heteroatoms. The van der Waals surface area contributed by atoms with E-state index in [0.717, 1.165) is 17.6 Å². The van der Waals surface area contributed by atoms with Crippen LogP contribution in [0.3, 0.4) is 0 Å². The topological polar surface area (TPSA) is 46.5 Å². The normalized spacial score (nSPS) is 22.4. The molecular formula is C13H16N4S. The van der Waals surface area contributed by atoms with Gasteiger partial charge in [-0.25, -0.2) is 9.97 Å². The summed E-state index contributed by atoms with van der Waals surface area (Å²) in [6, 6.07) is 0. The number of nitrogens with one attached hydrogen (secondary N) is 1. The van der Waals surface area contributed by atoms with E-state index in [1.807, 2.05) is 6.33 Å². The van der Waals surface area contributed by atoms with E-state index in [9.17, 15) is 0 Å². The van der Waals surface area contributed by atoms with E-state index >= 15 is 0 Å². The summed E-state index contributed by atoms with van der Waals surface area (Å²) in [7, 11) is 0. The monoisotopic (exact) mass is 260 g/mol. The van der Waals surface area contributed by atoms with Gasteiger partial charge in [-0.2, -0.15) is 0 Å². The summed E-state index contributed by atoms with van der Waals surface area (Å²) >= 11 is 5.20. The molecule has 2 aromatic rings. The van der Waals surface area contributed by atoms with Crippen LogP contribution in [0, 0.1) is 16.0 Å². The van der Waals surface area contributed by atoms with Gasteiger partial charge in [0, 0.05) is 11.1 Å². The van der Waals surface area contributed by atoms with Crippen molar-refractivity contribution in [3.8, 4) is 0 Å². The van der Waals surface area contributed by atoms with Gasteiger partial charge in [0.1, 0.15) is 17.5 Å². The van der Waals surface area contributed by atoms with Crippen molar-refractivity contribution in [3.05, 3.63) is 23.4 Å². The maximum atomic E-state index is 5.20. The van der Waals surface area contributed by atoms with Gasteiger partial charge in [-0.1, -0.05) is 39.1 Å². The zero-order valence-electron chi connectivity index (χ0n) is 10.8. The van der Waals surface area contributed by atoms with Gasteiger partial charge in [-0.15, -0.1) is 0 Å². The third kappa shape index (κ3) is 1.47. The van der Waals surface area contributed by atoms with Gasteiger partial charge in [-0.3, -0.25) is 4.57 Å². The van der Waals surface area contributed by atoms with E-state index < -0.39 is 0 Å². The number of fused-ring (bicyclic) bond motifs is 1. The second kappa shape index (κ2) is 3.75. The Kier molecular flexibility index (Phi) is 2.41. The lowest BCUT2D eigenvalue weighted by Gasteiger charge is -2.28. The zero-order valence-corrected chi connectivity index (χ0v) is 11.6. The van der Waals surface area contributed by atoms with Crippen LogP contribution in [0.4, 0.5) is 0 Å². The molecule has 0 saturated heterocycles. The Hall–Kier alpha value is -1.49. The molecule has 0 aliphatic heterocycles. The van der Waals surface area contributed by atoms with Crippen molar-refractivity contribution in [3.63, 3.8) is 0 Å². The van der Waals surface area contributed by atoms with Gasteiger partial charge in [-0.05, 0) is 12.3 Å². The highest BCUT2D eigenvalue weighted by Crippen LogP contribution is 2.45. The van der Waals surface area contributed by atoms with Crippen molar-refractivity contribution in [2.24, 2.45) is 11.3 Å². The minimum Gasteiger partial charge on any atom is -0.330 e. The summed E-state index contributed by atoms with van der Waals surface area (Å²) < 4.78 is 2.66. The van der Waals surface area contributed by atoms with Crippen molar-refractivity contribution in [2.75, 3.05) is 0 Å². The Balaban J connectivity index is 2.23. The molecule has 0 bridgehead atoms. The molecule has 0 saturated carbocycles. The second-order valence-electron chi connectivity index (χ2n) is 5.47. The van der Waals surface area contributed by atoms with Crippen molar-refractivity contribution in [1.29, 1.82) is 0 Å². The average Bonchev–Trinajstić information content (AvgIpc) is 2.84. The SMILES string of the molecule is CC1CC=C(n2cnc3c(=S)nc[nH]c32)C1(C)C. The minimum atomic E-state index is 0.145. The van der Waals surface area contributed by atoms with Crippen LogP contribution in [-0.2, 0) is 0 Å². The standard InChI is InChI=1S/C13H16N4S/c1-8-4-5-9(13(8,2)3)17-7-16-10-11(17)14-6-15-12(10)18/h5-8H,4H2,1-3H3,(H,14,15,18). The Morgan fingerprint density at radius 3 is 2.89 bits per heavy atom. The molecule has 2 heterocycles. The highest BCUT2D eigenvalue weighted by Gasteiger charge is 2.35. The van der Waals surface area contributed by atoms with Crippen LogP contribution in [0.5, 0.6) is 0 Å². The van der Waals surface area contributed by atoms with Crippen LogP contribution in [0.15, 0.2) is 18.7 Å². The van der Waals surface area contributed by atoms with Crippen molar-refractivity contribution >= 4 is 29.1 Å². The molecule has 1 aliphatic carbocycles. The molecular weight excluding hydrogens is 244 g/mol. The number of H-pyrrole nitrogens is 1. The summed E-state index contributed by atoms with van der Waals surface area (Å²) in [6.07, 6.45) is 6.87. The second-order valence-corrected chi connectivity index (χ2v) is 5.85. The van der Waals surface area contributed by atoms with Gasteiger partial charge in [0.25, 0.3) is 0 Å². The average molecular weight is 260 g/mol. The number of hydrogen-bond acceptors (Lipinski definition) is 3. The Bertz CT molecular complexity index is 692. The fourth-order valence-electron chi connectivity index (χ4n) is 2.55. The number of allylic oxidation sites excluding steroid dienone is 2. The lowest BCUT2D eigenvalue weighted by atomic mass is 9.81. The molecule has 0 fully saturated rings. The fourth-order valence-corrected chi connectivity index (χ4v) is 2.75. The maximum Gasteiger partial charge on any atom is 0.157 e. The maximum absolute atomic E-state index is 5.20. The third-order valence-electron chi connectivity index (χ3n) is 4.17. The number of hydrogen-bond donors (Lipinski definition) is 1. The van der Waals surface area contributed by atoms with Gasteiger partial charge in [0.2, 0.25) is 0 Å². The van der Waals surface area contributed by atoms with Crippen LogP contribution in [0.25, 0.3) is 16.9 Å². The van der Waals surface area contributed by atoms with Crippen LogP contribution >= 0.6 is 12.2 Å². The number of aromatic amines is 1. The predicted octanol–water partition coefficient (Wildman–Crippen LogP) is 3.40. The first-order valence-corrected chi connectivity index (χ1v) is 6.54. The van der Waals surface area contributed by atoms with Crippen LogP contribution < -0.4 is 0 Å². The van der Waals surface area contributed by atoms with Gasteiger partial charge in [0.05, 0.1) is 6.33 Å². The van der Waals surface area contributed by atoms with Crippen molar-refractivity contribution in [2.45, 2.75) is 27.2 Å². The van der Waals surface area contributed by atoms with Gasteiger partial charge < -0.3 is 4.98 Å². The number of nitrogens with zero attached hydrogens (tertiary/aromatic N) is 3. The van der Waals surface area contributed by atoms with E-state index in [4.69, 9.17) is 12.2 Å². The highest BCUT2D eigenvalue weighted by atomic mass is 32.1. The van der Waals surface area contributed by atoms with Gasteiger partial charge in [0.15, 0.2) is 4.64 Å². The zero-order chi connectivity index (χ0) is 12.9. The lowest BCUT2D eigenvalue weighted by molar-refractivity contribution is 0.338.